The van der Waals surface area contributed by atoms with E-state index in [9.17, 15) is 4.79 Å². The van der Waals surface area contributed by atoms with Gasteiger partial charge in [-0.3, -0.25) is 0 Å². The molecule has 0 bridgehead atoms. The van der Waals surface area contributed by atoms with E-state index < -0.39 is 11.6 Å². The van der Waals surface area contributed by atoms with Gasteiger partial charge in [-0.15, -0.1) is 0 Å². The highest BCUT2D eigenvalue weighted by Crippen LogP contribution is 2.31. The molecule has 1 aliphatic carbocycles. The predicted octanol–water partition coefficient (Wildman–Crippen LogP) is 3.39. The molecule has 1 saturated carbocycles. The number of hydrogen-bond donors (Lipinski definition) is 1. The summed E-state index contributed by atoms with van der Waals surface area (Å²) in [6, 6.07) is 0. The monoisotopic (exact) mass is 284 g/mol. The number of carboxylic acid groups (broad SMARTS) is 1. The van der Waals surface area contributed by atoms with Crippen molar-refractivity contribution in [3.63, 3.8) is 0 Å². The van der Waals surface area contributed by atoms with Gasteiger partial charge in [0.2, 0.25) is 0 Å². The molecule has 0 radical (unpaired) electrons. The fourth-order valence-corrected chi connectivity index (χ4v) is 3.10. The minimum atomic E-state index is -0.917. The molecule has 1 atom stereocenters. The molecule has 4 heteroatoms. The van der Waals surface area contributed by atoms with Crippen molar-refractivity contribution in [2.75, 3.05) is 19.8 Å². The van der Waals surface area contributed by atoms with Crippen molar-refractivity contribution in [1.29, 1.82) is 0 Å². The van der Waals surface area contributed by atoms with Crippen LogP contribution in [-0.4, -0.2) is 36.5 Å². The van der Waals surface area contributed by atoms with E-state index in [1.165, 1.54) is 51.4 Å². The lowest BCUT2D eigenvalue weighted by atomic mass is 9.88. The Morgan fingerprint density at radius 1 is 1.15 bits per heavy atom. The van der Waals surface area contributed by atoms with Crippen LogP contribution < -0.4 is 0 Å². The molecule has 116 valence electrons. The number of hydrogen-bond acceptors (Lipinski definition) is 3. The van der Waals surface area contributed by atoms with E-state index in [2.05, 4.69) is 0 Å². The molecule has 4 nitrogen and oxygen atoms in total. The largest absolute Gasteiger partial charge is 0.479 e. The summed E-state index contributed by atoms with van der Waals surface area (Å²) in [4.78, 5) is 10.9. The van der Waals surface area contributed by atoms with E-state index in [0.717, 1.165) is 18.9 Å². The summed E-state index contributed by atoms with van der Waals surface area (Å²) in [5.74, 6) is 0.0339. The van der Waals surface area contributed by atoms with Crippen molar-refractivity contribution in [2.45, 2.75) is 69.8 Å². The first-order valence-electron chi connectivity index (χ1n) is 8.18. The number of rotatable bonds is 8. The number of carbonyl (C=O) groups is 1. The standard InChI is InChI=1S/C16H28O4/c17-15(18)16(13-20-16)10-12-19-11-6-9-14-7-4-2-1-3-5-8-14/h14H,1-13H2,(H,17,18). The topological polar surface area (TPSA) is 59.1 Å². The first kappa shape index (κ1) is 15.8. The second-order valence-corrected chi connectivity index (χ2v) is 6.30. The summed E-state index contributed by atoms with van der Waals surface area (Å²) in [7, 11) is 0. The molecule has 1 unspecified atom stereocenters. The quantitative estimate of drug-likeness (QED) is 0.548. The van der Waals surface area contributed by atoms with Gasteiger partial charge < -0.3 is 14.6 Å². The number of ether oxygens (including phenoxy) is 2. The van der Waals surface area contributed by atoms with Crippen LogP contribution in [0.15, 0.2) is 0 Å². The van der Waals surface area contributed by atoms with Crippen molar-refractivity contribution in [3.05, 3.63) is 0 Å². The molecular formula is C16H28O4. The third-order valence-corrected chi connectivity index (χ3v) is 4.66. The van der Waals surface area contributed by atoms with Crippen LogP contribution >= 0.6 is 0 Å². The van der Waals surface area contributed by atoms with Crippen LogP contribution in [0.3, 0.4) is 0 Å². The van der Waals surface area contributed by atoms with Crippen molar-refractivity contribution in [3.8, 4) is 0 Å². The van der Waals surface area contributed by atoms with Crippen molar-refractivity contribution >= 4 is 5.97 Å². The van der Waals surface area contributed by atoms with E-state index in [0.29, 0.717) is 19.6 Å². The maximum Gasteiger partial charge on any atom is 0.338 e. The summed E-state index contributed by atoms with van der Waals surface area (Å²) >= 11 is 0. The van der Waals surface area contributed by atoms with Crippen molar-refractivity contribution in [2.24, 2.45) is 5.92 Å². The zero-order valence-electron chi connectivity index (χ0n) is 12.4. The van der Waals surface area contributed by atoms with Crippen LogP contribution in [0.1, 0.15) is 64.2 Å². The van der Waals surface area contributed by atoms with E-state index in [-0.39, 0.29) is 0 Å². The molecule has 0 aromatic heterocycles. The second kappa shape index (κ2) is 7.99. The fraction of sp³-hybridized carbons (Fsp3) is 0.938. The van der Waals surface area contributed by atoms with Gasteiger partial charge in [-0.25, -0.2) is 4.79 Å². The van der Waals surface area contributed by atoms with E-state index in [4.69, 9.17) is 14.6 Å². The fourth-order valence-electron chi connectivity index (χ4n) is 3.10. The van der Waals surface area contributed by atoms with E-state index in [1.54, 1.807) is 0 Å². The maximum atomic E-state index is 10.9. The Morgan fingerprint density at radius 2 is 1.80 bits per heavy atom. The van der Waals surface area contributed by atoms with Gasteiger partial charge >= 0.3 is 5.97 Å². The van der Waals surface area contributed by atoms with Gasteiger partial charge in [0, 0.05) is 19.6 Å². The Kier molecular flexibility index (Phi) is 6.30. The molecule has 20 heavy (non-hydrogen) atoms. The average molecular weight is 284 g/mol. The molecule has 0 spiro atoms. The summed E-state index contributed by atoms with van der Waals surface area (Å²) in [5, 5.41) is 8.95. The number of epoxide rings is 1. The van der Waals surface area contributed by atoms with Crippen molar-refractivity contribution < 1.29 is 19.4 Å². The molecule has 1 aliphatic heterocycles. The summed E-state index contributed by atoms with van der Waals surface area (Å²) in [6.45, 7) is 1.59. The van der Waals surface area contributed by atoms with E-state index in [1.807, 2.05) is 0 Å². The Labute approximate surface area is 121 Å². The Bertz CT molecular complexity index is 291. The normalized spacial score (nSPS) is 27.8. The van der Waals surface area contributed by atoms with Crippen LogP contribution in [-0.2, 0) is 14.3 Å². The van der Waals surface area contributed by atoms with Crippen LogP contribution in [0.25, 0.3) is 0 Å². The van der Waals surface area contributed by atoms with Gasteiger partial charge in [-0.05, 0) is 18.8 Å². The molecule has 0 aromatic rings. The maximum absolute atomic E-state index is 10.9. The Hall–Kier alpha value is -0.610. The van der Waals surface area contributed by atoms with Crippen LogP contribution in [0.5, 0.6) is 0 Å². The van der Waals surface area contributed by atoms with Crippen LogP contribution in [0, 0.1) is 5.92 Å². The molecule has 0 aromatic carbocycles. The number of carboxylic acids is 1. The Balaban J connectivity index is 1.47. The smallest absolute Gasteiger partial charge is 0.338 e. The highest BCUT2D eigenvalue weighted by atomic mass is 16.6. The summed E-state index contributed by atoms with van der Waals surface area (Å²) < 4.78 is 10.6. The molecule has 2 aliphatic rings. The predicted molar refractivity (Wildman–Crippen MR) is 76.8 cm³/mol. The zero-order chi connectivity index (χ0) is 14.3. The summed E-state index contributed by atoms with van der Waals surface area (Å²) in [6.07, 6.45) is 12.6. The Morgan fingerprint density at radius 3 is 2.40 bits per heavy atom. The van der Waals surface area contributed by atoms with Crippen LogP contribution in [0.4, 0.5) is 0 Å². The lowest BCUT2D eigenvalue weighted by Gasteiger charge is -2.19. The lowest BCUT2D eigenvalue weighted by Crippen LogP contribution is -2.25. The van der Waals surface area contributed by atoms with Crippen LogP contribution in [0.2, 0.25) is 0 Å². The van der Waals surface area contributed by atoms with Crippen molar-refractivity contribution in [1.82, 2.24) is 0 Å². The first-order chi connectivity index (χ1) is 9.73. The van der Waals surface area contributed by atoms with Gasteiger partial charge in [-0.1, -0.05) is 44.9 Å². The van der Waals surface area contributed by atoms with Gasteiger partial charge in [-0.2, -0.15) is 0 Å². The second-order valence-electron chi connectivity index (χ2n) is 6.30. The lowest BCUT2D eigenvalue weighted by molar-refractivity contribution is -0.144. The van der Waals surface area contributed by atoms with Gasteiger partial charge in [0.05, 0.1) is 6.61 Å². The minimum Gasteiger partial charge on any atom is -0.479 e. The third kappa shape index (κ3) is 5.06. The molecule has 1 N–H and O–H groups in total. The highest BCUT2D eigenvalue weighted by molar-refractivity contribution is 5.80. The van der Waals surface area contributed by atoms with Gasteiger partial charge in [0.25, 0.3) is 0 Å². The molecule has 1 saturated heterocycles. The molecule has 2 rings (SSSR count). The van der Waals surface area contributed by atoms with Gasteiger partial charge in [0.15, 0.2) is 5.60 Å². The average Bonchev–Trinajstić information content (AvgIpc) is 3.16. The SMILES string of the molecule is O=C(O)C1(CCOCCCC2CCCCCCC2)CO1. The molecular weight excluding hydrogens is 256 g/mol. The number of aliphatic carboxylic acids is 1. The third-order valence-electron chi connectivity index (χ3n) is 4.66. The summed E-state index contributed by atoms with van der Waals surface area (Å²) in [5.41, 5.74) is -0.917. The van der Waals surface area contributed by atoms with Gasteiger partial charge in [0.1, 0.15) is 0 Å². The molecule has 2 fully saturated rings. The van der Waals surface area contributed by atoms with E-state index >= 15 is 0 Å². The molecule has 1 heterocycles. The zero-order valence-corrected chi connectivity index (χ0v) is 12.4. The minimum absolute atomic E-state index is 0.341. The molecule has 0 amide bonds. The highest BCUT2D eigenvalue weighted by Gasteiger charge is 2.52. The first-order valence-corrected chi connectivity index (χ1v) is 8.18.